The van der Waals surface area contributed by atoms with E-state index in [1.165, 1.54) is 5.56 Å². The number of rotatable bonds is 8. The van der Waals surface area contributed by atoms with Gasteiger partial charge in [0, 0.05) is 26.6 Å². The van der Waals surface area contributed by atoms with Crippen LogP contribution in [0.1, 0.15) is 29.3 Å². The highest BCUT2D eigenvalue weighted by molar-refractivity contribution is 14.0. The summed E-state index contributed by atoms with van der Waals surface area (Å²) in [7, 11) is 5.47. The van der Waals surface area contributed by atoms with Crippen LogP contribution in [0.5, 0.6) is 5.75 Å². The Morgan fingerprint density at radius 1 is 1.33 bits per heavy atom. The summed E-state index contributed by atoms with van der Waals surface area (Å²) in [5.74, 6) is 1.69. The largest absolute Gasteiger partial charge is 0.492 e. The lowest BCUT2D eigenvalue weighted by atomic mass is 10.2. The SMILES string of the molecule is CN=C(NCCOc1ccc(C)cc1)N(C)Cc1csc(C(C)OC)n1.I. The number of nitrogens with one attached hydrogen (secondary N) is 1. The van der Waals surface area contributed by atoms with Gasteiger partial charge in [-0.05, 0) is 26.0 Å². The van der Waals surface area contributed by atoms with Gasteiger partial charge in [-0.2, -0.15) is 0 Å². The Morgan fingerprint density at radius 2 is 2.04 bits per heavy atom. The third kappa shape index (κ3) is 7.63. The Balaban J connectivity index is 0.00000364. The standard InChI is InChI=1S/C19H28N4O2S.HI/c1-14-6-8-17(9-7-14)25-11-10-21-19(20-3)23(4)12-16-13-26-18(22-16)15(2)24-5;/h6-9,13,15H,10-12H2,1-5H3,(H,20,21);1H. The summed E-state index contributed by atoms with van der Waals surface area (Å²) in [6.45, 7) is 5.99. The molecule has 0 aliphatic heterocycles. The summed E-state index contributed by atoms with van der Waals surface area (Å²) in [5.41, 5.74) is 2.23. The van der Waals surface area contributed by atoms with Crippen LogP contribution < -0.4 is 10.1 Å². The average molecular weight is 504 g/mol. The topological polar surface area (TPSA) is 59.0 Å². The van der Waals surface area contributed by atoms with Crippen molar-refractivity contribution >= 4 is 41.3 Å². The highest BCUT2D eigenvalue weighted by atomic mass is 127. The Hall–Kier alpha value is -1.39. The van der Waals surface area contributed by atoms with E-state index in [9.17, 15) is 0 Å². The second-order valence-electron chi connectivity index (χ2n) is 6.05. The van der Waals surface area contributed by atoms with Crippen molar-refractivity contribution in [3.05, 3.63) is 45.9 Å². The number of aryl methyl sites for hydroxylation is 1. The van der Waals surface area contributed by atoms with E-state index in [0.29, 0.717) is 19.7 Å². The van der Waals surface area contributed by atoms with Crippen molar-refractivity contribution < 1.29 is 9.47 Å². The van der Waals surface area contributed by atoms with Gasteiger partial charge in [0.25, 0.3) is 0 Å². The van der Waals surface area contributed by atoms with Crippen LogP contribution >= 0.6 is 35.3 Å². The van der Waals surface area contributed by atoms with E-state index in [-0.39, 0.29) is 30.1 Å². The number of nitrogens with zero attached hydrogens (tertiary/aromatic N) is 3. The number of aromatic nitrogens is 1. The molecule has 0 bridgehead atoms. The first kappa shape index (κ1) is 23.6. The molecule has 1 aromatic carbocycles. The quantitative estimate of drug-likeness (QED) is 0.256. The van der Waals surface area contributed by atoms with Crippen molar-refractivity contribution in [2.24, 2.45) is 4.99 Å². The van der Waals surface area contributed by atoms with Crippen molar-refractivity contribution in [1.29, 1.82) is 0 Å². The van der Waals surface area contributed by atoms with Crippen LogP contribution in [-0.4, -0.2) is 50.2 Å². The Labute approximate surface area is 183 Å². The summed E-state index contributed by atoms with van der Waals surface area (Å²) >= 11 is 1.62. The van der Waals surface area contributed by atoms with Crippen LogP contribution in [0.4, 0.5) is 0 Å². The molecule has 0 saturated carbocycles. The molecule has 1 N–H and O–H groups in total. The van der Waals surface area contributed by atoms with Crippen LogP contribution in [0.2, 0.25) is 0 Å². The summed E-state index contributed by atoms with van der Waals surface area (Å²) in [5, 5.41) is 6.37. The van der Waals surface area contributed by atoms with E-state index in [1.807, 2.05) is 43.1 Å². The van der Waals surface area contributed by atoms with E-state index < -0.39 is 0 Å². The number of aliphatic imine (C=N–C) groups is 1. The molecule has 0 fully saturated rings. The molecular formula is C19H29IN4O2S. The maximum atomic E-state index is 5.74. The van der Waals surface area contributed by atoms with Crippen molar-refractivity contribution in [1.82, 2.24) is 15.2 Å². The number of hydrogen-bond acceptors (Lipinski definition) is 5. The first-order valence-electron chi connectivity index (χ1n) is 8.61. The van der Waals surface area contributed by atoms with Gasteiger partial charge in [-0.15, -0.1) is 35.3 Å². The lowest BCUT2D eigenvalue weighted by Crippen LogP contribution is -2.40. The monoisotopic (exact) mass is 504 g/mol. The van der Waals surface area contributed by atoms with Crippen molar-refractivity contribution in [3.8, 4) is 5.75 Å². The van der Waals surface area contributed by atoms with Crippen molar-refractivity contribution in [2.45, 2.75) is 26.5 Å². The smallest absolute Gasteiger partial charge is 0.193 e. The molecule has 1 heterocycles. The van der Waals surface area contributed by atoms with Crippen LogP contribution in [0, 0.1) is 6.92 Å². The maximum Gasteiger partial charge on any atom is 0.193 e. The van der Waals surface area contributed by atoms with Gasteiger partial charge < -0.3 is 19.7 Å². The van der Waals surface area contributed by atoms with Gasteiger partial charge in [0.05, 0.1) is 18.8 Å². The lowest BCUT2D eigenvalue weighted by molar-refractivity contribution is 0.119. The van der Waals surface area contributed by atoms with Crippen LogP contribution in [0.15, 0.2) is 34.6 Å². The fraction of sp³-hybridized carbons (Fsp3) is 0.474. The highest BCUT2D eigenvalue weighted by Gasteiger charge is 2.12. The number of halogens is 1. The molecule has 0 aliphatic carbocycles. The first-order chi connectivity index (χ1) is 12.5. The predicted molar refractivity (Wildman–Crippen MR) is 122 cm³/mol. The van der Waals surface area contributed by atoms with Gasteiger partial charge >= 0.3 is 0 Å². The molecule has 0 radical (unpaired) electrons. The zero-order valence-corrected chi connectivity index (χ0v) is 19.7. The summed E-state index contributed by atoms with van der Waals surface area (Å²) < 4.78 is 11.1. The fourth-order valence-electron chi connectivity index (χ4n) is 2.35. The fourth-order valence-corrected chi connectivity index (χ4v) is 3.19. The minimum absolute atomic E-state index is 0. The molecule has 0 aliphatic rings. The molecule has 2 rings (SSSR count). The predicted octanol–water partition coefficient (Wildman–Crippen LogP) is 3.86. The highest BCUT2D eigenvalue weighted by Crippen LogP contribution is 2.20. The van der Waals surface area contributed by atoms with Gasteiger partial charge in [-0.3, -0.25) is 4.99 Å². The molecule has 0 spiro atoms. The summed E-state index contributed by atoms with van der Waals surface area (Å²) in [6.07, 6.45) is 0.0235. The Kier molecular flexibility index (Phi) is 10.6. The molecule has 1 atom stereocenters. The maximum absolute atomic E-state index is 5.74. The number of guanidine groups is 1. The summed E-state index contributed by atoms with van der Waals surface area (Å²) in [4.78, 5) is 11.0. The number of hydrogen-bond donors (Lipinski definition) is 1. The van der Waals surface area contributed by atoms with Gasteiger partial charge in [-0.25, -0.2) is 4.98 Å². The van der Waals surface area contributed by atoms with E-state index in [0.717, 1.165) is 22.4 Å². The molecule has 8 heteroatoms. The molecule has 2 aromatic rings. The van der Waals surface area contributed by atoms with Gasteiger partial charge in [-0.1, -0.05) is 17.7 Å². The number of thiazole rings is 1. The van der Waals surface area contributed by atoms with E-state index in [2.05, 4.69) is 27.6 Å². The van der Waals surface area contributed by atoms with E-state index >= 15 is 0 Å². The minimum atomic E-state index is 0. The molecule has 6 nitrogen and oxygen atoms in total. The molecule has 150 valence electrons. The van der Waals surface area contributed by atoms with Crippen LogP contribution in [0.25, 0.3) is 0 Å². The first-order valence-corrected chi connectivity index (χ1v) is 9.49. The Morgan fingerprint density at radius 3 is 2.67 bits per heavy atom. The number of methoxy groups -OCH3 is 1. The third-order valence-electron chi connectivity index (χ3n) is 3.92. The second-order valence-corrected chi connectivity index (χ2v) is 6.94. The molecule has 1 aromatic heterocycles. The Bertz CT molecular complexity index is 706. The van der Waals surface area contributed by atoms with Crippen molar-refractivity contribution in [3.63, 3.8) is 0 Å². The van der Waals surface area contributed by atoms with Crippen LogP contribution in [-0.2, 0) is 11.3 Å². The zero-order valence-electron chi connectivity index (χ0n) is 16.6. The number of ether oxygens (including phenoxy) is 2. The zero-order chi connectivity index (χ0) is 18.9. The summed E-state index contributed by atoms with van der Waals surface area (Å²) in [6, 6.07) is 8.05. The van der Waals surface area contributed by atoms with Gasteiger partial charge in [0.2, 0.25) is 0 Å². The minimum Gasteiger partial charge on any atom is -0.492 e. The second kappa shape index (κ2) is 12.1. The van der Waals surface area contributed by atoms with Crippen molar-refractivity contribution in [2.75, 3.05) is 34.4 Å². The molecular weight excluding hydrogens is 475 g/mol. The molecule has 0 saturated heterocycles. The normalized spacial score (nSPS) is 12.3. The van der Waals surface area contributed by atoms with E-state index in [4.69, 9.17) is 9.47 Å². The third-order valence-corrected chi connectivity index (χ3v) is 4.97. The van der Waals surface area contributed by atoms with Gasteiger partial charge in [0.15, 0.2) is 5.96 Å². The van der Waals surface area contributed by atoms with E-state index in [1.54, 1.807) is 25.5 Å². The molecule has 1 unspecified atom stereocenters. The molecule has 27 heavy (non-hydrogen) atoms. The van der Waals surface area contributed by atoms with Crippen LogP contribution in [0.3, 0.4) is 0 Å². The number of benzene rings is 1. The lowest BCUT2D eigenvalue weighted by Gasteiger charge is -2.21. The molecule has 0 amide bonds. The average Bonchev–Trinajstić information content (AvgIpc) is 3.11. The van der Waals surface area contributed by atoms with Gasteiger partial charge in [0.1, 0.15) is 23.5 Å².